The van der Waals surface area contributed by atoms with Crippen molar-refractivity contribution in [2.45, 2.75) is 19.4 Å². The summed E-state index contributed by atoms with van der Waals surface area (Å²) in [6.07, 6.45) is -0.128. The summed E-state index contributed by atoms with van der Waals surface area (Å²) in [5, 5.41) is 9.19. The van der Waals surface area contributed by atoms with Crippen LogP contribution in [0.1, 0.15) is 12.5 Å². The fourth-order valence-electron chi connectivity index (χ4n) is 2.29. The molecule has 1 aromatic rings. The molecule has 1 aliphatic rings. The molecule has 0 radical (unpaired) electrons. The van der Waals surface area contributed by atoms with Crippen LogP contribution in [0, 0.1) is 5.92 Å². The molecule has 0 spiro atoms. The Hall–Kier alpha value is -1.88. The topological polar surface area (TPSA) is 66.8 Å². The largest absolute Gasteiger partial charge is 0.481 e. The first-order valence-corrected chi connectivity index (χ1v) is 6.19. The zero-order valence-corrected chi connectivity index (χ0v) is 11.0. The Morgan fingerprint density at radius 2 is 2.11 bits per heavy atom. The van der Waals surface area contributed by atoms with E-state index in [1.54, 1.807) is 6.92 Å². The number of benzene rings is 1. The molecule has 19 heavy (non-hydrogen) atoms. The quantitative estimate of drug-likeness (QED) is 0.893. The minimum absolute atomic E-state index is 0.193. The molecule has 0 fully saturated rings. The number of nitrogens with zero attached hydrogens (tertiary/aromatic N) is 1. The Kier molecular flexibility index (Phi) is 3.85. The highest BCUT2D eigenvalue weighted by molar-refractivity contribution is 5.98. The zero-order valence-electron chi connectivity index (χ0n) is 11.0. The number of para-hydroxylation sites is 1. The van der Waals surface area contributed by atoms with E-state index in [0.29, 0.717) is 6.42 Å². The standard InChI is InChI=1S/C14H17NO4/c1-9(19-2)13(16)15-8-11(14(17)18)7-10-5-3-4-6-12(10)15/h3-6,9,11H,7-8H2,1-2H3,(H,17,18). The van der Waals surface area contributed by atoms with E-state index in [9.17, 15) is 14.7 Å². The van der Waals surface area contributed by atoms with Gasteiger partial charge in [0.2, 0.25) is 0 Å². The predicted molar refractivity (Wildman–Crippen MR) is 70.1 cm³/mol. The Balaban J connectivity index is 2.36. The first kappa shape index (κ1) is 13.5. The van der Waals surface area contributed by atoms with Crippen LogP contribution in [-0.4, -0.2) is 36.7 Å². The Bertz CT molecular complexity index is 500. The molecule has 0 aromatic heterocycles. The van der Waals surface area contributed by atoms with Crippen molar-refractivity contribution in [3.63, 3.8) is 0 Å². The summed E-state index contributed by atoms with van der Waals surface area (Å²) in [5.41, 5.74) is 1.67. The number of aliphatic carboxylic acids is 1. The molecule has 2 atom stereocenters. The molecule has 1 aliphatic heterocycles. The fraction of sp³-hybridized carbons (Fsp3) is 0.429. The number of carboxylic acid groups (broad SMARTS) is 1. The molecule has 1 N–H and O–H groups in total. The van der Waals surface area contributed by atoms with Crippen LogP contribution in [0.3, 0.4) is 0 Å². The number of ether oxygens (including phenoxy) is 1. The lowest BCUT2D eigenvalue weighted by Crippen LogP contribution is -2.46. The first-order valence-electron chi connectivity index (χ1n) is 6.19. The molecule has 0 saturated carbocycles. The average molecular weight is 263 g/mol. The van der Waals surface area contributed by atoms with E-state index in [4.69, 9.17) is 4.74 Å². The maximum absolute atomic E-state index is 12.3. The summed E-state index contributed by atoms with van der Waals surface area (Å²) in [6, 6.07) is 7.40. The van der Waals surface area contributed by atoms with Gasteiger partial charge < -0.3 is 14.7 Å². The van der Waals surface area contributed by atoms with E-state index >= 15 is 0 Å². The number of anilines is 1. The summed E-state index contributed by atoms with van der Waals surface area (Å²) in [5.74, 6) is -1.65. The average Bonchev–Trinajstić information content (AvgIpc) is 2.44. The van der Waals surface area contributed by atoms with Gasteiger partial charge in [-0.3, -0.25) is 9.59 Å². The molecule has 2 rings (SSSR count). The van der Waals surface area contributed by atoms with Crippen molar-refractivity contribution >= 4 is 17.6 Å². The summed E-state index contributed by atoms with van der Waals surface area (Å²) < 4.78 is 5.04. The summed E-state index contributed by atoms with van der Waals surface area (Å²) in [7, 11) is 1.47. The highest BCUT2D eigenvalue weighted by atomic mass is 16.5. The number of carboxylic acids is 1. The molecule has 102 valence electrons. The lowest BCUT2D eigenvalue weighted by Gasteiger charge is -2.34. The highest BCUT2D eigenvalue weighted by Crippen LogP contribution is 2.30. The molecular weight excluding hydrogens is 246 g/mol. The van der Waals surface area contributed by atoms with Crippen LogP contribution < -0.4 is 4.90 Å². The smallest absolute Gasteiger partial charge is 0.308 e. The minimum atomic E-state index is -0.877. The number of rotatable bonds is 3. The zero-order chi connectivity index (χ0) is 14.0. The van der Waals surface area contributed by atoms with Gasteiger partial charge in [0.1, 0.15) is 6.10 Å². The predicted octanol–water partition coefficient (Wildman–Crippen LogP) is 1.31. The van der Waals surface area contributed by atoms with Crippen molar-refractivity contribution in [2.24, 2.45) is 5.92 Å². The van der Waals surface area contributed by atoms with Crippen LogP contribution in [0.15, 0.2) is 24.3 Å². The number of carbonyl (C=O) groups is 2. The van der Waals surface area contributed by atoms with Gasteiger partial charge in [-0.25, -0.2) is 0 Å². The summed E-state index contributed by atoms with van der Waals surface area (Å²) in [4.78, 5) is 25.0. The van der Waals surface area contributed by atoms with Gasteiger partial charge in [0, 0.05) is 19.3 Å². The number of carbonyl (C=O) groups excluding carboxylic acids is 1. The van der Waals surface area contributed by atoms with Gasteiger partial charge in [-0.15, -0.1) is 0 Å². The van der Waals surface area contributed by atoms with Crippen LogP contribution in [0.4, 0.5) is 5.69 Å². The number of methoxy groups -OCH3 is 1. The van der Waals surface area contributed by atoms with E-state index in [0.717, 1.165) is 11.3 Å². The van der Waals surface area contributed by atoms with E-state index in [-0.39, 0.29) is 12.5 Å². The summed E-state index contributed by atoms with van der Waals surface area (Å²) in [6.45, 7) is 1.86. The van der Waals surface area contributed by atoms with Gasteiger partial charge in [0.15, 0.2) is 0 Å². The van der Waals surface area contributed by atoms with E-state index < -0.39 is 18.0 Å². The van der Waals surface area contributed by atoms with E-state index in [1.807, 2.05) is 24.3 Å². The normalized spacial score (nSPS) is 19.7. The third-order valence-electron chi connectivity index (χ3n) is 3.47. The first-order chi connectivity index (χ1) is 9.04. The van der Waals surface area contributed by atoms with Crippen molar-refractivity contribution in [3.8, 4) is 0 Å². The van der Waals surface area contributed by atoms with Crippen LogP contribution in [0.25, 0.3) is 0 Å². The Morgan fingerprint density at radius 1 is 1.42 bits per heavy atom. The lowest BCUT2D eigenvalue weighted by molar-refractivity contribution is -0.141. The van der Waals surface area contributed by atoms with Gasteiger partial charge in [0.25, 0.3) is 5.91 Å². The molecule has 0 bridgehead atoms. The molecule has 5 nitrogen and oxygen atoms in total. The number of amides is 1. The lowest BCUT2D eigenvalue weighted by atomic mass is 9.92. The SMILES string of the molecule is COC(C)C(=O)N1CC(C(=O)O)Cc2ccccc21. The van der Waals surface area contributed by atoms with Crippen molar-refractivity contribution in [1.29, 1.82) is 0 Å². The van der Waals surface area contributed by atoms with Gasteiger partial charge in [0.05, 0.1) is 5.92 Å². The van der Waals surface area contributed by atoms with Crippen LogP contribution in [0.2, 0.25) is 0 Å². The molecule has 1 amide bonds. The maximum Gasteiger partial charge on any atom is 0.308 e. The van der Waals surface area contributed by atoms with E-state index in [1.165, 1.54) is 12.0 Å². The fourth-order valence-corrected chi connectivity index (χ4v) is 2.29. The van der Waals surface area contributed by atoms with Crippen molar-refractivity contribution < 1.29 is 19.4 Å². The van der Waals surface area contributed by atoms with Gasteiger partial charge in [-0.05, 0) is 25.0 Å². The van der Waals surface area contributed by atoms with Crippen LogP contribution in [-0.2, 0) is 20.7 Å². The number of hydrogen-bond acceptors (Lipinski definition) is 3. The number of fused-ring (bicyclic) bond motifs is 1. The Morgan fingerprint density at radius 3 is 2.74 bits per heavy atom. The molecule has 2 unspecified atom stereocenters. The third kappa shape index (κ3) is 2.61. The molecular formula is C14H17NO4. The molecule has 0 aliphatic carbocycles. The second-order valence-electron chi connectivity index (χ2n) is 4.69. The van der Waals surface area contributed by atoms with Gasteiger partial charge >= 0.3 is 5.97 Å². The molecule has 1 heterocycles. The third-order valence-corrected chi connectivity index (χ3v) is 3.47. The molecule has 0 saturated heterocycles. The molecule has 5 heteroatoms. The summed E-state index contributed by atoms with van der Waals surface area (Å²) >= 11 is 0. The van der Waals surface area contributed by atoms with Gasteiger partial charge in [-0.1, -0.05) is 18.2 Å². The second-order valence-corrected chi connectivity index (χ2v) is 4.69. The maximum atomic E-state index is 12.3. The molecule has 1 aromatic carbocycles. The number of hydrogen-bond donors (Lipinski definition) is 1. The monoisotopic (exact) mass is 263 g/mol. The van der Waals surface area contributed by atoms with Crippen molar-refractivity contribution in [1.82, 2.24) is 0 Å². The second kappa shape index (κ2) is 5.40. The van der Waals surface area contributed by atoms with E-state index in [2.05, 4.69) is 0 Å². The highest BCUT2D eigenvalue weighted by Gasteiger charge is 2.33. The van der Waals surface area contributed by atoms with Crippen molar-refractivity contribution in [2.75, 3.05) is 18.6 Å². The minimum Gasteiger partial charge on any atom is -0.481 e. The Labute approximate surface area is 111 Å². The van der Waals surface area contributed by atoms with Crippen molar-refractivity contribution in [3.05, 3.63) is 29.8 Å². The van der Waals surface area contributed by atoms with Gasteiger partial charge in [-0.2, -0.15) is 0 Å². The van der Waals surface area contributed by atoms with Crippen LogP contribution in [0.5, 0.6) is 0 Å². The van der Waals surface area contributed by atoms with Crippen LogP contribution >= 0.6 is 0 Å².